The Bertz CT molecular complexity index is 607. The van der Waals surface area contributed by atoms with Gasteiger partial charge in [0.1, 0.15) is 11.6 Å². The molecule has 0 radical (unpaired) electrons. The molecule has 2 aromatic rings. The summed E-state index contributed by atoms with van der Waals surface area (Å²) in [6, 6.07) is 9.72. The monoisotopic (exact) mass is 270 g/mol. The van der Waals surface area contributed by atoms with Gasteiger partial charge in [-0.25, -0.2) is 4.98 Å². The van der Waals surface area contributed by atoms with E-state index in [0.29, 0.717) is 12.4 Å². The molecule has 3 rings (SSSR count). The molecule has 1 aromatic heterocycles. The number of rotatable bonds is 2. The van der Waals surface area contributed by atoms with E-state index in [1.165, 1.54) is 0 Å². The first-order chi connectivity index (χ1) is 9.68. The van der Waals surface area contributed by atoms with Gasteiger partial charge < -0.3 is 15.6 Å². The molecule has 4 nitrogen and oxygen atoms in total. The lowest BCUT2D eigenvalue weighted by Crippen LogP contribution is -2.21. The van der Waals surface area contributed by atoms with E-state index in [-0.39, 0.29) is 5.92 Å². The summed E-state index contributed by atoms with van der Waals surface area (Å²) in [6.45, 7) is 2.56. The second-order valence-electron chi connectivity index (χ2n) is 5.15. The fourth-order valence-electron chi connectivity index (χ4n) is 2.87. The Morgan fingerprint density at radius 1 is 1.35 bits per heavy atom. The molecule has 1 aliphatic heterocycles. The maximum Gasteiger partial charge on any atom is 0.129 e. The third kappa shape index (κ3) is 2.12. The van der Waals surface area contributed by atoms with E-state index in [9.17, 15) is 5.11 Å². The van der Waals surface area contributed by atoms with Crippen molar-refractivity contribution < 1.29 is 9.84 Å². The van der Waals surface area contributed by atoms with Crippen molar-refractivity contribution in [2.75, 3.05) is 12.3 Å². The molecule has 3 N–H and O–H groups in total. The number of nitrogens with zero attached hydrogens (tertiary/aromatic N) is 1. The lowest BCUT2D eigenvalue weighted by molar-refractivity contribution is 0.117. The van der Waals surface area contributed by atoms with Crippen molar-refractivity contribution in [3.8, 4) is 5.75 Å². The standard InChI is InChI=1S/C16H18N2O2/c1-10-6-8-18-16(17)14(10)15(19)12-7-9-20-13-5-3-2-4-11(12)13/h2-6,8,12,15,19H,7,9H2,1H3,(H2,17,18). The summed E-state index contributed by atoms with van der Waals surface area (Å²) in [5.74, 6) is 1.24. The maximum atomic E-state index is 10.8. The molecule has 0 saturated carbocycles. The van der Waals surface area contributed by atoms with E-state index in [1.807, 2.05) is 37.3 Å². The van der Waals surface area contributed by atoms with Crippen molar-refractivity contribution in [3.63, 3.8) is 0 Å². The van der Waals surface area contributed by atoms with Crippen LogP contribution in [0.5, 0.6) is 5.75 Å². The largest absolute Gasteiger partial charge is 0.493 e. The zero-order chi connectivity index (χ0) is 14.1. The molecular weight excluding hydrogens is 252 g/mol. The minimum Gasteiger partial charge on any atom is -0.493 e. The van der Waals surface area contributed by atoms with Gasteiger partial charge in [-0.2, -0.15) is 0 Å². The van der Waals surface area contributed by atoms with Crippen molar-refractivity contribution in [2.45, 2.75) is 25.4 Å². The van der Waals surface area contributed by atoms with Crippen LogP contribution in [0.25, 0.3) is 0 Å². The molecule has 0 fully saturated rings. The number of aliphatic hydroxyl groups is 1. The van der Waals surface area contributed by atoms with E-state index >= 15 is 0 Å². The SMILES string of the molecule is Cc1ccnc(N)c1C(O)C1CCOc2ccccc21. The third-order valence-electron chi connectivity index (χ3n) is 3.92. The molecule has 2 heterocycles. The van der Waals surface area contributed by atoms with Crippen molar-refractivity contribution >= 4 is 5.82 Å². The predicted octanol–water partition coefficient (Wildman–Crippen LogP) is 2.57. The quantitative estimate of drug-likeness (QED) is 0.880. The first kappa shape index (κ1) is 12.9. The normalized spacial score (nSPS) is 19.0. The summed E-state index contributed by atoms with van der Waals surface area (Å²) in [4.78, 5) is 4.10. The van der Waals surface area contributed by atoms with Gasteiger partial charge in [0.25, 0.3) is 0 Å². The summed E-state index contributed by atoms with van der Waals surface area (Å²) < 4.78 is 5.64. The summed E-state index contributed by atoms with van der Waals surface area (Å²) >= 11 is 0. The Kier molecular flexibility index (Phi) is 3.32. The second-order valence-corrected chi connectivity index (χ2v) is 5.15. The minimum atomic E-state index is -0.659. The van der Waals surface area contributed by atoms with Crippen LogP contribution >= 0.6 is 0 Å². The number of nitrogen functional groups attached to an aromatic ring is 1. The van der Waals surface area contributed by atoms with Gasteiger partial charge in [0, 0.05) is 23.2 Å². The molecule has 2 unspecified atom stereocenters. The number of pyridine rings is 1. The average Bonchev–Trinajstić information content (AvgIpc) is 2.46. The summed E-state index contributed by atoms with van der Waals surface area (Å²) in [5.41, 5.74) is 8.68. The van der Waals surface area contributed by atoms with Gasteiger partial charge in [-0.15, -0.1) is 0 Å². The second kappa shape index (κ2) is 5.13. The lowest BCUT2D eigenvalue weighted by Gasteiger charge is -2.30. The molecule has 0 saturated heterocycles. The van der Waals surface area contributed by atoms with Gasteiger partial charge in [-0.1, -0.05) is 18.2 Å². The summed E-state index contributed by atoms with van der Waals surface area (Å²) in [5, 5.41) is 10.8. The van der Waals surface area contributed by atoms with Crippen LogP contribution in [0.15, 0.2) is 36.5 Å². The molecule has 0 amide bonds. The average molecular weight is 270 g/mol. The van der Waals surface area contributed by atoms with Gasteiger partial charge in [-0.05, 0) is 31.0 Å². The van der Waals surface area contributed by atoms with Crippen LogP contribution in [0.1, 0.15) is 35.1 Å². The van der Waals surface area contributed by atoms with Crippen LogP contribution in [0.2, 0.25) is 0 Å². The van der Waals surface area contributed by atoms with Gasteiger partial charge in [0.05, 0.1) is 12.7 Å². The Balaban J connectivity index is 2.02. The molecule has 4 heteroatoms. The molecule has 2 atom stereocenters. The highest BCUT2D eigenvalue weighted by Gasteiger charge is 2.30. The number of aryl methyl sites for hydroxylation is 1. The number of aliphatic hydroxyl groups excluding tert-OH is 1. The molecule has 1 aliphatic rings. The third-order valence-corrected chi connectivity index (χ3v) is 3.92. The van der Waals surface area contributed by atoms with Crippen LogP contribution in [0.4, 0.5) is 5.82 Å². The fourth-order valence-corrected chi connectivity index (χ4v) is 2.87. The van der Waals surface area contributed by atoms with Crippen molar-refractivity contribution in [2.24, 2.45) is 0 Å². The maximum absolute atomic E-state index is 10.8. The topological polar surface area (TPSA) is 68.4 Å². The van der Waals surface area contributed by atoms with E-state index in [2.05, 4.69) is 4.98 Å². The van der Waals surface area contributed by atoms with E-state index < -0.39 is 6.10 Å². The molecular formula is C16H18N2O2. The highest BCUT2D eigenvalue weighted by atomic mass is 16.5. The van der Waals surface area contributed by atoms with Gasteiger partial charge in [0.2, 0.25) is 0 Å². The summed E-state index contributed by atoms with van der Waals surface area (Å²) in [6.07, 6.45) is 1.78. The van der Waals surface area contributed by atoms with Crippen LogP contribution in [0, 0.1) is 6.92 Å². The van der Waals surface area contributed by atoms with Gasteiger partial charge >= 0.3 is 0 Å². The molecule has 0 aliphatic carbocycles. The van der Waals surface area contributed by atoms with Crippen LogP contribution in [-0.2, 0) is 0 Å². The van der Waals surface area contributed by atoms with Crippen LogP contribution in [0.3, 0.4) is 0 Å². The summed E-state index contributed by atoms with van der Waals surface area (Å²) in [7, 11) is 0. The molecule has 0 spiro atoms. The highest BCUT2D eigenvalue weighted by molar-refractivity contribution is 5.48. The molecule has 0 bridgehead atoms. The predicted molar refractivity (Wildman–Crippen MR) is 77.6 cm³/mol. The first-order valence-electron chi connectivity index (χ1n) is 6.79. The molecule has 104 valence electrons. The zero-order valence-corrected chi connectivity index (χ0v) is 11.4. The Hall–Kier alpha value is -2.07. The van der Waals surface area contributed by atoms with Crippen molar-refractivity contribution in [1.82, 2.24) is 4.98 Å². The van der Waals surface area contributed by atoms with E-state index in [1.54, 1.807) is 6.20 Å². The van der Waals surface area contributed by atoms with Gasteiger partial charge in [0.15, 0.2) is 0 Å². The Morgan fingerprint density at radius 3 is 2.95 bits per heavy atom. The number of anilines is 1. The van der Waals surface area contributed by atoms with Crippen LogP contribution < -0.4 is 10.5 Å². The molecule has 20 heavy (non-hydrogen) atoms. The Morgan fingerprint density at radius 2 is 2.15 bits per heavy atom. The number of benzene rings is 1. The van der Waals surface area contributed by atoms with E-state index in [0.717, 1.165) is 28.9 Å². The number of aromatic nitrogens is 1. The number of para-hydroxylation sites is 1. The highest BCUT2D eigenvalue weighted by Crippen LogP contribution is 2.42. The van der Waals surface area contributed by atoms with Crippen LogP contribution in [-0.4, -0.2) is 16.7 Å². The minimum absolute atomic E-state index is 0.00912. The Labute approximate surface area is 118 Å². The number of hydrogen-bond acceptors (Lipinski definition) is 4. The van der Waals surface area contributed by atoms with E-state index in [4.69, 9.17) is 10.5 Å². The van der Waals surface area contributed by atoms with Gasteiger partial charge in [-0.3, -0.25) is 0 Å². The number of fused-ring (bicyclic) bond motifs is 1. The number of ether oxygens (including phenoxy) is 1. The fraction of sp³-hybridized carbons (Fsp3) is 0.312. The zero-order valence-electron chi connectivity index (χ0n) is 11.4. The van der Waals surface area contributed by atoms with Crippen molar-refractivity contribution in [1.29, 1.82) is 0 Å². The lowest BCUT2D eigenvalue weighted by atomic mass is 9.84. The number of hydrogen-bond donors (Lipinski definition) is 2. The molecule has 1 aromatic carbocycles. The first-order valence-corrected chi connectivity index (χ1v) is 6.79. The van der Waals surface area contributed by atoms with Crippen molar-refractivity contribution in [3.05, 3.63) is 53.2 Å². The number of nitrogens with two attached hydrogens (primary N) is 1. The smallest absolute Gasteiger partial charge is 0.129 e.